The van der Waals surface area contributed by atoms with Gasteiger partial charge in [0.2, 0.25) is 0 Å². The summed E-state index contributed by atoms with van der Waals surface area (Å²) in [5, 5.41) is 4.51. The summed E-state index contributed by atoms with van der Waals surface area (Å²) in [6.07, 6.45) is 1.92. The first-order valence-electron chi connectivity index (χ1n) is 7.41. The summed E-state index contributed by atoms with van der Waals surface area (Å²) >= 11 is 0. The van der Waals surface area contributed by atoms with E-state index in [0.29, 0.717) is 12.5 Å². The van der Waals surface area contributed by atoms with Gasteiger partial charge in [-0.05, 0) is 44.2 Å². The van der Waals surface area contributed by atoms with Crippen LogP contribution in [-0.4, -0.2) is 40.8 Å². The van der Waals surface area contributed by atoms with Crippen molar-refractivity contribution in [2.45, 2.75) is 20.4 Å². The monoisotopic (exact) mass is 429 g/mol. The van der Waals surface area contributed by atoms with Gasteiger partial charge in [-0.3, -0.25) is 0 Å². The number of benzene rings is 1. The molecular weight excluding hydrogens is 405 g/mol. The van der Waals surface area contributed by atoms with E-state index >= 15 is 0 Å². The molecule has 6 nitrogen and oxygen atoms in total. The highest BCUT2D eigenvalue weighted by atomic mass is 127. The van der Waals surface area contributed by atoms with Crippen LogP contribution in [0.2, 0.25) is 0 Å². The zero-order chi connectivity index (χ0) is 15.9. The molecule has 0 bridgehead atoms. The standard InChI is InChI=1S/C16H23N5O.HI/c1-4-20(5-2)16(17)18-12-13-10-11-21(19-13)14-6-8-15(22-3)9-7-14;/h6-11H,4-5,12H2,1-3H3,(H2,17,18);1H. The van der Waals surface area contributed by atoms with Gasteiger partial charge in [-0.1, -0.05) is 0 Å². The maximum absolute atomic E-state index is 5.96. The Kier molecular flexibility index (Phi) is 7.87. The number of aliphatic imine (C=N–C) groups is 1. The summed E-state index contributed by atoms with van der Waals surface area (Å²) in [6, 6.07) is 9.69. The fourth-order valence-corrected chi connectivity index (χ4v) is 2.13. The van der Waals surface area contributed by atoms with Crippen molar-refractivity contribution in [1.82, 2.24) is 14.7 Å². The first-order chi connectivity index (χ1) is 10.7. The molecule has 1 heterocycles. The molecule has 1 aromatic carbocycles. The van der Waals surface area contributed by atoms with Crippen LogP contribution in [0.5, 0.6) is 5.75 Å². The molecule has 0 saturated heterocycles. The highest BCUT2D eigenvalue weighted by molar-refractivity contribution is 14.0. The highest BCUT2D eigenvalue weighted by Gasteiger charge is 2.04. The number of nitrogens with two attached hydrogens (primary N) is 1. The van der Waals surface area contributed by atoms with Crippen LogP contribution >= 0.6 is 24.0 Å². The summed E-state index contributed by atoms with van der Waals surface area (Å²) in [6.45, 7) is 6.30. The van der Waals surface area contributed by atoms with Gasteiger partial charge in [-0.15, -0.1) is 24.0 Å². The predicted octanol–water partition coefficient (Wildman–Crippen LogP) is 2.66. The van der Waals surface area contributed by atoms with Crippen molar-refractivity contribution >= 4 is 29.9 Å². The average molecular weight is 429 g/mol. The van der Waals surface area contributed by atoms with E-state index in [1.54, 1.807) is 7.11 Å². The van der Waals surface area contributed by atoms with E-state index in [1.165, 1.54) is 0 Å². The summed E-state index contributed by atoms with van der Waals surface area (Å²) in [5.41, 5.74) is 7.82. The molecule has 1 aromatic heterocycles. The molecule has 0 amide bonds. The Hall–Kier alpha value is -1.77. The third kappa shape index (κ3) is 5.12. The number of ether oxygens (including phenoxy) is 1. The maximum Gasteiger partial charge on any atom is 0.191 e. The number of nitrogens with zero attached hydrogens (tertiary/aromatic N) is 4. The molecule has 0 unspecified atom stereocenters. The van der Waals surface area contributed by atoms with E-state index in [4.69, 9.17) is 10.5 Å². The Morgan fingerprint density at radius 2 is 1.87 bits per heavy atom. The van der Waals surface area contributed by atoms with Gasteiger partial charge < -0.3 is 15.4 Å². The third-order valence-corrected chi connectivity index (χ3v) is 3.47. The largest absolute Gasteiger partial charge is 0.497 e. The van der Waals surface area contributed by atoms with E-state index in [2.05, 4.69) is 23.9 Å². The van der Waals surface area contributed by atoms with Crippen LogP contribution in [0.4, 0.5) is 0 Å². The smallest absolute Gasteiger partial charge is 0.191 e. The molecular formula is C16H24IN5O. The zero-order valence-electron chi connectivity index (χ0n) is 13.8. The molecule has 0 atom stereocenters. The van der Waals surface area contributed by atoms with Crippen LogP contribution in [-0.2, 0) is 6.54 Å². The molecule has 0 saturated carbocycles. The molecule has 126 valence electrons. The van der Waals surface area contributed by atoms with Gasteiger partial charge in [0.05, 0.1) is 25.0 Å². The van der Waals surface area contributed by atoms with Gasteiger partial charge in [0.25, 0.3) is 0 Å². The first kappa shape index (κ1) is 19.3. The Morgan fingerprint density at radius 1 is 1.22 bits per heavy atom. The van der Waals surface area contributed by atoms with Crippen LogP contribution in [0.15, 0.2) is 41.5 Å². The fourth-order valence-electron chi connectivity index (χ4n) is 2.13. The fraction of sp³-hybridized carbons (Fsp3) is 0.375. The minimum Gasteiger partial charge on any atom is -0.497 e. The normalized spacial score (nSPS) is 11.0. The van der Waals surface area contributed by atoms with Gasteiger partial charge in [0, 0.05) is 19.3 Å². The van der Waals surface area contributed by atoms with Crippen LogP contribution in [0.1, 0.15) is 19.5 Å². The number of aromatic nitrogens is 2. The maximum atomic E-state index is 5.96. The number of hydrogen-bond donors (Lipinski definition) is 1. The van der Waals surface area contributed by atoms with Crippen LogP contribution < -0.4 is 10.5 Å². The van der Waals surface area contributed by atoms with E-state index in [-0.39, 0.29) is 24.0 Å². The minimum absolute atomic E-state index is 0. The molecule has 0 aliphatic heterocycles. The lowest BCUT2D eigenvalue weighted by Gasteiger charge is -2.19. The number of hydrogen-bond acceptors (Lipinski definition) is 3. The Balaban J connectivity index is 0.00000264. The molecule has 0 fully saturated rings. The number of methoxy groups -OCH3 is 1. The van der Waals surface area contributed by atoms with Crippen molar-refractivity contribution in [2.75, 3.05) is 20.2 Å². The van der Waals surface area contributed by atoms with Gasteiger partial charge in [-0.2, -0.15) is 5.10 Å². The zero-order valence-corrected chi connectivity index (χ0v) is 16.1. The number of halogens is 1. The lowest BCUT2D eigenvalue weighted by atomic mass is 10.3. The van der Waals surface area contributed by atoms with Gasteiger partial charge in [0.15, 0.2) is 5.96 Å². The van der Waals surface area contributed by atoms with E-state index in [9.17, 15) is 0 Å². The second kappa shape index (κ2) is 9.39. The van der Waals surface area contributed by atoms with Crippen molar-refractivity contribution in [3.63, 3.8) is 0 Å². The summed E-state index contributed by atoms with van der Waals surface area (Å²) in [5.74, 6) is 1.39. The Labute approximate surface area is 154 Å². The van der Waals surface area contributed by atoms with Crippen LogP contribution in [0.25, 0.3) is 5.69 Å². The molecule has 0 spiro atoms. The molecule has 7 heteroatoms. The van der Waals surface area contributed by atoms with Crippen molar-refractivity contribution in [2.24, 2.45) is 10.7 Å². The van der Waals surface area contributed by atoms with E-state index < -0.39 is 0 Å². The van der Waals surface area contributed by atoms with Gasteiger partial charge in [0.1, 0.15) is 5.75 Å². The predicted molar refractivity (Wildman–Crippen MR) is 104 cm³/mol. The summed E-state index contributed by atoms with van der Waals surface area (Å²) in [4.78, 5) is 6.41. The summed E-state index contributed by atoms with van der Waals surface area (Å²) in [7, 11) is 1.65. The lowest BCUT2D eigenvalue weighted by molar-refractivity contribution is 0.414. The van der Waals surface area contributed by atoms with Crippen molar-refractivity contribution in [3.8, 4) is 11.4 Å². The van der Waals surface area contributed by atoms with Crippen LogP contribution in [0, 0.1) is 0 Å². The minimum atomic E-state index is 0. The molecule has 2 rings (SSSR count). The molecule has 2 aromatic rings. The molecule has 23 heavy (non-hydrogen) atoms. The Morgan fingerprint density at radius 3 is 2.43 bits per heavy atom. The quantitative estimate of drug-likeness (QED) is 0.436. The SMILES string of the molecule is CCN(CC)C(N)=NCc1ccn(-c2ccc(OC)cc2)n1.I. The molecule has 0 aliphatic carbocycles. The van der Waals surface area contributed by atoms with Crippen molar-refractivity contribution in [3.05, 3.63) is 42.2 Å². The number of rotatable bonds is 6. The lowest BCUT2D eigenvalue weighted by Crippen LogP contribution is -2.37. The second-order valence-corrected chi connectivity index (χ2v) is 4.80. The van der Waals surface area contributed by atoms with Crippen molar-refractivity contribution in [1.29, 1.82) is 0 Å². The van der Waals surface area contributed by atoms with Gasteiger partial charge >= 0.3 is 0 Å². The van der Waals surface area contributed by atoms with Gasteiger partial charge in [-0.25, -0.2) is 9.67 Å². The molecule has 0 aliphatic rings. The summed E-state index contributed by atoms with van der Waals surface area (Å²) < 4.78 is 6.97. The second-order valence-electron chi connectivity index (χ2n) is 4.80. The number of guanidine groups is 1. The van der Waals surface area contributed by atoms with Crippen LogP contribution in [0.3, 0.4) is 0 Å². The Bertz CT molecular complexity index is 620. The third-order valence-electron chi connectivity index (χ3n) is 3.47. The molecule has 0 radical (unpaired) electrons. The average Bonchev–Trinajstić information content (AvgIpc) is 3.03. The van der Waals surface area contributed by atoms with Crippen molar-refractivity contribution < 1.29 is 4.74 Å². The first-order valence-corrected chi connectivity index (χ1v) is 7.41. The topological polar surface area (TPSA) is 68.7 Å². The molecule has 2 N–H and O–H groups in total. The van der Waals surface area contributed by atoms with E-state index in [1.807, 2.05) is 46.1 Å². The highest BCUT2D eigenvalue weighted by Crippen LogP contribution is 2.14. The van der Waals surface area contributed by atoms with E-state index in [0.717, 1.165) is 30.2 Å².